The van der Waals surface area contributed by atoms with Crippen molar-refractivity contribution in [1.82, 2.24) is 10.3 Å². The zero-order valence-corrected chi connectivity index (χ0v) is 13.7. The molecule has 1 saturated heterocycles. The summed E-state index contributed by atoms with van der Waals surface area (Å²) in [5.41, 5.74) is 2.95. The van der Waals surface area contributed by atoms with Crippen molar-refractivity contribution >= 4 is 34.2 Å². The molecule has 2 heterocycles. The van der Waals surface area contributed by atoms with Crippen molar-refractivity contribution in [3.63, 3.8) is 0 Å². The molecule has 1 aliphatic heterocycles. The number of carbonyl (C=O) groups excluding carboxylic acids is 2. The molecule has 25 heavy (non-hydrogen) atoms. The van der Waals surface area contributed by atoms with Gasteiger partial charge in [0.15, 0.2) is 0 Å². The number of carbonyl (C=O) groups is 2. The summed E-state index contributed by atoms with van der Waals surface area (Å²) in [6.45, 7) is 2.60. The van der Waals surface area contributed by atoms with E-state index < -0.39 is 0 Å². The molecule has 0 aliphatic carbocycles. The number of nitrogens with one attached hydrogen (secondary N) is 3. The molecule has 3 aromatic rings. The number of hydrogen-bond donors (Lipinski definition) is 3. The molecule has 126 valence electrons. The summed E-state index contributed by atoms with van der Waals surface area (Å²) in [5.74, 6) is -0.179. The Labute approximate surface area is 144 Å². The third kappa shape index (κ3) is 2.71. The van der Waals surface area contributed by atoms with Crippen molar-refractivity contribution in [1.29, 1.82) is 0 Å². The predicted octanol–water partition coefficient (Wildman–Crippen LogP) is 3.34. The van der Waals surface area contributed by atoms with Crippen LogP contribution in [0.15, 0.2) is 54.7 Å². The normalized spacial score (nSPS) is 16.9. The van der Waals surface area contributed by atoms with Gasteiger partial charge in [0.2, 0.25) is 0 Å². The molecule has 1 atom stereocenters. The number of rotatable bonds is 3. The van der Waals surface area contributed by atoms with Gasteiger partial charge < -0.3 is 15.6 Å². The molecule has 0 radical (unpaired) electrons. The van der Waals surface area contributed by atoms with E-state index in [2.05, 4.69) is 15.6 Å². The highest BCUT2D eigenvalue weighted by Gasteiger charge is 2.28. The second-order valence-corrected chi connectivity index (χ2v) is 6.15. The summed E-state index contributed by atoms with van der Waals surface area (Å²) in [6.07, 6.45) is 1.81. The number of hydrogen-bond acceptors (Lipinski definition) is 2. The molecule has 3 N–H and O–H groups in total. The van der Waals surface area contributed by atoms with Gasteiger partial charge in [-0.1, -0.05) is 12.1 Å². The minimum atomic E-state index is -0.179. The monoisotopic (exact) mass is 334 g/mol. The van der Waals surface area contributed by atoms with Crippen LogP contribution in [0.2, 0.25) is 0 Å². The van der Waals surface area contributed by atoms with Gasteiger partial charge in [0, 0.05) is 40.6 Å². The van der Waals surface area contributed by atoms with Gasteiger partial charge in [0.05, 0.1) is 6.04 Å². The maximum absolute atomic E-state index is 12.7. The van der Waals surface area contributed by atoms with Gasteiger partial charge in [-0.3, -0.25) is 9.69 Å². The standard InChI is InChI=1S/C19H18N4O2/c1-12-11-21-19(25)23(12)14-5-2-4-13(10-14)22-18(24)16-6-3-7-17-15(16)8-9-20-17/h2-10,12,20H,11H2,1H3,(H,21,25)(H,22,24)/t12-/m1/s1. The van der Waals surface area contributed by atoms with E-state index in [0.29, 0.717) is 17.8 Å². The average Bonchev–Trinajstić information content (AvgIpc) is 3.21. The Balaban J connectivity index is 1.61. The SMILES string of the molecule is C[C@@H]1CNC(=O)N1c1cccc(NC(=O)c2cccc3[nH]ccc23)c1. The van der Waals surface area contributed by atoms with Crippen LogP contribution in [0.4, 0.5) is 16.2 Å². The molecule has 3 amide bonds. The number of amides is 3. The van der Waals surface area contributed by atoms with E-state index in [1.54, 1.807) is 11.0 Å². The Kier molecular flexibility index (Phi) is 3.65. The van der Waals surface area contributed by atoms with Gasteiger partial charge in [-0.15, -0.1) is 0 Å². The Bertz CT molecular complexity index is 963. The summed E-state index contributed by atoms with van der Waals surface area (Å²) >= 11 is 0. The van der Waals surface area contributed by atoms with Crippen LogP contribution in [0, 0.1) is 0 Å². The number of aromatic amines is 1. The number of H-pyrrole nitrogens is 1. The fourth-order valence-corrected chi connectivity index (χ4v) is 3.20. The first kappa shape index (κ1) is 15.3. The van der Waals surface area contributed by atoms with Crippen LogP contribution in [0.5, 0.6) is 0 Å². The third-order valence-corrected chi connectivity index (χ3v) is 4.43. The van der Waals surface area contributed by atoms with E-state index in [0.717, 1.165) is 16.6 Å². The van der Waals surface area contributed by atoms with E-state index in [4.69, 9.17) is 0 Å². The highest BCUT2D eigenvalue weighted by atomic mass is 16.2. The minimum Gasteiger partial charge on any atom is -0.361 e. The molecular weight excluding hydrogens is 316 g/mol. The molecule has 0 saturated carbocycles. The summed E-state index contributed by atoms with van der Waals surface area (Å²) in [7, 11) is 0. The average molecular weight is 334 g/mol. The van der Waals surface area contributed by atoms with E-state index in [-0.39, 0.29) is 18.0 Å². The van der Waals surface area contributed by atoms with E-state index in [1.807, 2.05) is 55.6 Å². The van der Waals surface area contributed by atoms with Gasteiger partial charge in [-0.2, -0.15) is 0 Å². The molecule has 4 rings (SSSR count). The second kappa shape index (κ2) is 5.98. The molecular formula is C19H18N4O2. The zero-order chi connectivity index (χ0) is 17.4. The summed E-state index contributed by atoms with van der Waals surface area (Å²) in [6, 6.07) is 14.8. The smallest absolute Gasteiger partial charge is 0.322 e. The molecule has 6 heteroatoms. The lowest BCUT2D eigenvalue weighted by Crippen LogP contribution is -2.32. The van der Waals surface area contributed by atoms with Gasteiger partial charge in [-0.05, 0) is 43.3 Å². The zero-order valence-electron chi connectivity index (χ0n) is 13.7. The minimum absolute atomic E-state index is 0.0760. The molecule has 0 unspecified atom stereocenters. The maximum Gasteiger partial charge on any atom is 0.322 e. The van der Waals surface area contributed by atoms with Crippen LogP contribution in [0.25, 0.3) is 10.9 Å². The van der Waals surface area contributed by atoms with Crippen LogP contribution in [-0.4, -0.2) is 29.5 Å². The van der Waals surface area contributed by atoms with Crippen molar-refractivity contribution in [3.05, 3.63) is 60.3 Å². The molecule has 2 aromatic carbocycles. The number of fused-ring (bicyclic) bond motifs is 1. The Hall–Kier alpha value is -3.28. The lowest BCUT2D eigenvalue weighted by atomic mass is 10.1. The first-order chi connectivity index (χ1) is 12.1. The van der Waals surface area contributed by atoms with Crippen molar-refractivity contribution in [2.24, 2.45) is 0 Å². The van der Waals surface area contributed by atoms with Gasteiger partial charge >= 0.3 is 6.03 Å². The molecule has 0 bridgehead atoms. The van der Waals surface area contributed by atoms with E-state index in [9.17, 15) is 9.59 Å². The fraction of sp³-hybridized carbons (Fsp3) is 0.158. The predicted molar refractivity (Wildman–Crippen MR) is 98.0 cm³/mol. The van der Waals surface area contributed by atoms with Gasteiger partial charge in [0.25, 0.3) is 5.91 Å². The summed E-state index contributed by atoms with van der Waals surface area (Å²) in [4.78, 5) is 29.5. The van der Waals surface area contributed by atoms with Gasteiger partial charge in [-0.25, -0.2) is 4.79 Å². The molecule has 0 spiro atoms. The maximum atomic E-state index is 12.7. The Morgan fingerprint density at radius 1 is 1.20 bits per heavy atom. The first-order valence-corrected chi connectivity index (χ1v) is 8.18. The van der Waals surface area contributed by atoms with E-state index >= 15 is 0 Å². The lowest BCUT2D eigenvalue weighted by molar-refractivity contribution is 0.102. The summed E-state index contributed by atoms with van der Waals surface area (Å²) < 4.78 is 0. The quantitative estimate of drug-likeness (QED) is 0.687. The highest BCUT2D eigenvalue weighted by Crippen LogP contribution is 2.25. The molecule has 1 aliphatic rings. The summed E-state index contributed by atoms with van der Waals surface area (Å²) in [5, 5.41) is 6.62. The number of benzene rings is 2. The topological polar surface area (TPSA) is 77.2 Å². The van der Waals surface area contributed by atoms with Crippen molar-refractivity contribution in [2.45, 2.75) is 13.0 Å². The Morgan fingerprint density at radius 2 is 2.04 bits per heavy atom. The second-order valence-electron chi connectivity index (χ2n) is 6.15. The fourth-order valence-electron chi connectivity index (χ4n) is 3.20. The van der Waals surface area contributed by atoms with Crippen LogP contribution in [0.1, 0.15) is 17.3 Å². The van der Waals surface area contributed by atoms with Crippen LogP contribution < -0.4 is 15.5 Å². The largest absolute Gasteiger partial charge is 0.361 e. The molecule has 6 nitrogen and oxygen atoms in total. The van der Waals surface area contributed by atoms with Crippen LogP contribution in [-0.2, 0) is 0 Å². The number of nitrogens with zero attached hydrogens (tertiary/aromatic N) is 1. The third-order valence-electron chi connectivity index (χ3n) is 4.43. The molecule has 1 aromatic heterocycles. The number of anilines is 2. The van der Waals surface area contributed by atoms with Crippen LogP contribution in [0.3, 0.4) is 0 Å². The number of aromatic nitrogens is 1. The van der Waals surface area contributed by atoms with E-state index in [1.165, 1.54) is 0 Å². The Morgan fingerprint density at radius 3 is 2.84 bits per heavy atom. The first-order valence-electron chi connectivity index (χ1n) is 8.18. The van der Waals surface area contributed by atoms with Crippen molar-refractivity contribution in [2.75, 3.05) is 16.8 Å². The highest BCUT2D eigenvalue weighted by molar-refractivity contribution is 6.12. The van der Waals surface area contributed by atoms with Crippen molar-refractivity contribution in [3.8, 4) is 0 Å². The van der Waals surface area contributed by atoms with Crippen molar-refractivity contribution < 1.29 is 9.59 Å². The molecule has 1 fully saturated rings. The lowest BCUT2D eigenvalue weighted by Gasteiger charge is -2.20. The number of urea groups is 1. The van der Waals surface area contributed by atoms with Gasteiger partial charge in [0.1, 0.15) is 0 Å². The van der Waals surface area contributed by atoms with Crippen LogP contribution >= 0.6 is 0 Å².